The SMILES string of the molecule is CC1CCCCN1C(=O)CC1CSc2nc3c(cnn3C(C)(C)C)c(=O)n21. The Balaban J connectivity index is 1.66. The summed E-state index contributed by atoms with van der Waals surface area (Å²) in [6.45, 7) is 9.07. The molecule has 2 aromatic rings. The topological polar surface area (TPSA) is 73.0 Å². The average molecular weight is 390 g/mol. The molecule has 0 bridgehead atoms. The highest BCUT2D eigenvalue weighted by Crippen LogP contribution is 2.34. The van der Waals surface area contributed by atoms with Gasteiger partial charge >= 0.3 is 0 Å². The number of hydrogen-bond donors (Lipinski definition) is 0. The zero-order valence-corrected chi connectivity index (χ0v) is 17.3. The van der Waals surface area contributed by atoms with Crippen LogP contribution in [-0.2, 0) is 10.3 Å². The van der Waals surface area contributed by atoms with E-state index < -0.39 is 0 Å². The van der Waals surface area contributed by atoms with Crippen molar-refractivity contribution in [3.05, 3.63) is 16.6 Å². The van der Waals surface area contributed by atoms with E-state index in [4.69, 9.17) is 4.98 Å². The quantitative estimate of drug-likeness (QED) is 0.739. The standard InChI is InChI=1S/C19H27N5O2S/c1-12-7-5-6-8-22(12)15(25)9-13-11-27-18-21-16-14(17(26)23(13)18)10-20-24(16)19(2,3)4/h10,12-13H,5-9,11H2,1-4H3. The lowest BCUT2D eigenvalue weighted by atomic mass is 10.0. The Bertz CT molecular complexity index is 942. The highest BCUT2D eigenvalue weighted by molar-refractivity contribution is 7.99. The molecule has 0 radical (unpaired) electrons. The second kappa shape index (κ2) is 6.65. The number of thioether (sulfide) groups is 1. The molecule has 146 valence electrons. The normalized spacial score (nSPS) is 23.0. The Morgan fingerprint density at radius 2 is 2.11 bits per heavy atom. The van der Waals surface area contributed by atoms with E-state index in [1.54, 1.807) is 27.2 Å². The van der Waals surface area contributed by atoms with Gasteiger partial charge < -0.3 is 4.90 Å². The third-order valence-electron chi connectivity index (χ3n) is 5.54. The number of fused-ring (bicyclic) bond motifs is 2. The van der Waals surface area contributed by atoms with Crippen LogP contribution < -0.4 is 5.56 Å². The summed E-state index contributed by atoms with van der Waals surface area (Å²) in [5.41, 5.74) is 0.297. The van der Waals surface area contributed by atoms with Crippen molar-refractivity contribution in [2.75, 3.05) is 12.3 Å². The average Bonchev–Trinajstić information content (AvgIpc) is 3.20. The maximum Gasteiger partial charge on any atom is 0.265 e. The summed E-state index contributed by atoms with van der Waals surface area (Å²) < 4.78 is 3.52. The molecule has 2 unspecified atom stereocenters. The monoisotopic (exact) mass is 389 g/mol. The van der Waals surface area contributed by atoms with Gasteiger partial charge in [-0.15, -0.1) is 0 Å². The van der Waals surface area contributed by atoms with Gasteiger partial charge in [-0.05, 0) is 47.0 Å². The molecule has 0 saturated carbocycles. The molecule has 8 heteroatoms. The number of carbonyl (C=O) groups excluding carboxylic acids is 1. The van der Waals surface area contributed by atoms with Gasteiger partial charge in [0.15, 0.2) is 10.8 Å². The molecule has 0 aliphatic carbocycles. The van der Waals surface area contributed by atoms with Crippen LogP contribution in [0.3, 0.4) is 0 Å². The van der Waals surface area contributed by atoms with Crippen molar-refractivity contribution in [3.63, 3.8) is 0 Å². The van der Waals surface area contributed by atoms with Crippen molar-refractivity contribution in [3.8, 4) is 0 Å². The minimum Gasteiger partial charge on any atom is -0.340 e. The Morgan fingerprint density at radius 3 is 2.81 bits per heavy atom. The fraction of sp³-hybridized carbons (Fsp3) is 0.684. The molecule has 0 aromatic carbocycles. The van der Waals surface area contributed by atoms with Gasteiger partial charge in [-0.2, -0.15) is 5.10 Å². The lowest BCUT2D eigenvalue weighted by Gasteiger charge is -2.34. The number of hydrogen-bond acceptors (Lipinski definition) is 5. The first kappa shape index (κ1) is 18.5. The predicted octanol–water partition coefficient (Wildman–Crippen LogP) is 2.79. The second-order valence-corrected chi connectivity index (χ2v) is 9.62. The van der Waals surface area contributed by atoms with Crippen LogP contribution >= 0.6 is 11.8 Å². The summed E-state index contributed by atoms with van der Waals surface area (Å²) in [5, 5.41) is 5.62. The smallest absolute Gasteiger partial charge is 0.265 e. The molecule has 0 spiro atoms. The number of aromatic nitrogens is 4. The molecule has 2 atom stereocenters. The van der Waals surface area contributed by atoms with Crippen molar-refractivity contribution < 1.29 is 4.79 Å². The molecule has 2 aliphatic heterocycles. The first-order valence-electron chi connectivity index (χ1n) is 9.70. The van der Waals surface area contributed by atoms with E-state index in [2.05, 4.69) is 12.0 Å². The molecule has 1 fully saturated rings. The Morgan fingerprint density at radius 1 is 1.33 bits per heavy atom. The molecule has 27 heavy (non-hydrogen) atoms. The number of rotatable bonds is 2. The highest BCUT2D eigenvalue weighted by Gasteiger charge is 2.33. The van der Waals surface area contributed by atoms with E-state index in [1.165, 1.54) is 6.42 Å². The lowest BCUT2D eigenvalue weighted by molar-refractivity contribution is -0.135. The molecule has 7 nitrogen and oxygen atoms in total. The maximum atomic E-state index is 13.1. The Kier molecular flexibility index (Phi) is 4.56. The second-order valence-electron chi connectivity index (χ2n) is 8.63. The fourth-order valence-corrected chi connectivity index (χ4v) is 5.19. The van der Waals surface area contributed by atoms with E-state index >= 15 is 0 Å². The van der Waals surface area contributed by atoms with Crippen molar-refractivity contribution in [2.24, 2.45) is 0 Å². The first-order chi connectivity index (χ1) is 12.8. The minimum absolute atomic E-state index is 0.0833. The largest absolute Gasteiger partial charge is 0.340 e. The fourth-order valence-electron chi connectivity index (χ4n) is 4.06. The molecule has 1 amide bonds. The van der Waals surface area contributed by atoms with E-state index in [-0.39, 0.29) is 23.0 Å². The molecule has 4 heterocycles. The van der Waals surface area contributed by atoms with Crippen LogP contribution in [0.4, 0.5) is 0 Å². The molecule has 1 saturated heterocycles. The molecule has 2 aliphatic rings. The van der Waals surface area contributed by atoms with Gasteiger partial charge in [-0.3, -0.25) is 14.2 Å². The van der Waals surface area contributed by atoms with Crippen LogP contribution in [0.25, 0.3) is 11.0 Å². The Labute approximate surface area is 163 Å². The van der Waals surface area contributed by atoms with E-state index in [0.29, 0.717) is 34.4 Å². The minimum atomic E-state index is -0.247. The van der Waals surface area contributed by atoms with E-state index in [9.17, 15) is 9.59 Å². The molecule has 2 aromatic heterocycles. The zero-order valence-electron chi connectivity index (χ0n) is 16.4. The van der Waals surface area contributed by atoms with Gasteiger partial charge in [-0.25, -0.2) is 9.67 Å². The van der Waals surface area contributed by atoms with Gasteiger partial charge in [0.2, 0.25) is 5.91 Å². The number of likely N-dealkylation sites (tertiary alicyclic amines) is 1. The lowest BCUT2D eigenvalue weighted by Crippen LogP contribution is -2.43. The van der Waals surface area contributed by atoms with Crippen LogP contribution in [0, 0.1) is 0 Å². The third kappa shape index (κ3) is 3.17. The predicted molar refractivity (Wildman–Crippen MR) is 106 cm³/mol. The van der Waals surface area contributed by atoms with Crippen LogP contribution in [0.5, 0.6) is 0 Å². The summed E-state index contributed by atoms with van der Waals surface area (Å²) >= 11 is 1.56. The van der Waals surface area contributed by atoms with Gasteiger partial charge in [-0.1, -0.05) is 11.8 Å². The summed E-state index contributed by atoms with van der Waals surface area (Å²) in [6, 6.07) is 0.163. The van der Waals surface area contributed by atoms with E-state index in [0.717, 1.165) is 19.4 Å². The third-order valence-corrected chi connectivity index (χ3v) is 6.64. The maximum absolute atomic E-state index is 13.1. The van der Waals surface area contributed by atoms with Crippen LogP contribution in [0.2, 0.25) is 0 Å². The van der Waals surface area contributed by atoms with Gasteiger partial charge in [0, 0.05) is 24.8 Å². The molecule has 4 rings (SSSR count). The zero-order chi connectivity index (χ0) is 19.3. The first-order valence-corrected chi connectivity index (χ1v) is 10.7. The number of amides is 1. The number of carbonyl (C=O) groups is 1. The van der Waals surface area contributed by atoms with Crippen molar-refractivity contribution >= 4 is 28.7 Å². The van der Waals surface area contributed by atoms with Gasteiger partial charge in [0.05, 0.1) is 17.8 Å². The van der Waals surface area contributed by atoms with Crippen LogP contribution in [-0.4, -0.2) is 48.5 Å². The summed E-state index contributed by atoms with van der Waals surface area (Å²) in [6.07, 6.45) is 5.30. The van der Waals surface area contributed by atoms with Crippen LogP contribution in [0.1, 0.15) is 59.4 Å². The number of piperidine rings is 1. The van der Waals surface area contributed by atoms with Gasteiger partial charge in [0.25, 0.3) is 5.56 Å². The van der Waals surface area contributed by atoms with Crippen molar-refractivity contribution in [2.45, 2.75) is 76.2 Å². The highest BCUT2D eigenvalue weighted by atomic mass is 32.2. The summed E-state index contributed by atoms with van der Waals surface area (Å²) in [5.74, 6) is 0.865. The van der Waals surface area contributed by atoms with E-state index in [1.807, 2.05) is 25.7 Å². The van der Waals surface area contributed by atoms with Gasteiger partial charge in [0.1, 0.15) is 5.39 Å². The molecule has 0 N–H and O–H groups in total. The van der Waals surface area contributed by atoms with Crippen molar-refractivity contribution in [1.82, 2.24) is 24.2 Å². The number of nitrogens with zero attached hydrogens (tertiary/aromatic N) is 5. The summed E-state index contributed by atoms with van der Waals surface area (Å²) in [7, 11) is 0. The van der Waals surface area contributed by atoms with Crippen molar-refractivity contribution in [1.29, 1.82) is 0 Å². The van der Waals surface area contributed by atoms with Crippen LogP contribution in [0.15, 0.2) is 16.1 Å². The Hall–Kier alpha value is -1.83. The summed E-state index contributed by atoms with van der Waals surface area (Å²) in [4.78, 5) is 32.7. The molecular formula is C19H27N5O2S. The molecular weight excluding hydrogens is 362 g/mol.